The van der Waals surface area contributed by atoms with E-state index in [4.69, 9.17) is 0 Å². The van der Waals surface area contributed by atoms with Crippen LogP contribution in [0.3, 0.4) is 0 Å². The van der Waals surface area contributed by atoms with E-state index in [0.29, 0.717) is 11.8 Å². The van der Waals surface area contributed by atoms with Crippen LogP contribution in [0.25, 0.3) is 0 Å². The predicted molar refractivity (Wildman–Crippen MR) is 73.6 cm³/mol. The van der Waals surface area contributed by atoms with Crippen molar-refractivity contribution in [3.8, 4) is 0 Å². The molecule has 1 aliphatic rings. The molecule has 1 atom stereocenters. The average molecular weight is 267 g/mol. The molecule has 0 radical (unpaired) electrons. The van der Waals surface area contributed by atoms with Crippen molar-refractivity contribution in [2.24, 2.45) is 0 Å². The molecule has 4 heteroatoms. The molecule has 1 amide bonds. The average Bonchev–Trinajstić information content (AvgIpc) is 2.56. The van der Waals surface area contributed by atoms with Gasteiger partial charge in [0.15, 0.2) is 0 Å². The van der Waals surface area contributed by atoms with Gasteiger partial charge in [0.2, 0.25) is 0 Å². The molecular formula is C14H18FNOS. The van der Waals surface area contributed by atoms with E-state index < -0.39 is 5.82 Å². The highest BCUT2D eigenvalue weighted by Gasteiger charge is 2.22. The second kappa shape index (κ2) is 5.74. The first-order valence-corrected chi connectivity index (χ1v) is 7.30. The molecule has 1 unspecified atom stereocenters. The van der Waals surface area contributed by atoms with E-state index in [0.717, 1.165) is 24.3 Å². The SMILES string of the molecule is Cc1ccc(F)c(C(=O)N2CCSC(C)CC2)c1. The molecule has 0 saturated carbocycles. The molecule has 1 aromatic rings. The molecule has 0 aliphatic carbocycles. The molecule has 98 valence electrons. The first-order chi connectivity index (χ1) is 8.58. The quantitative estimate of drug-likeness (QED) is 0.779. The van der Waals surface area contributed by atoms with Gasteiger partial charge in [-0.3, -0.25) is 4.79 Å². The number of hydrogen-bond donors (Lipinski definition) is 0. The first kappa shape index (κ1) is 13.4. The highest BCUT2D eigenvalue weighted by atomic mass is 32.2. The van der Waals surface area contributed by atoms with Crippen molar-refractivity contribution in [1.82, 2.24) is 4.90 Å². The van der Waals surface area contributed by atoms with E-state index >= 15 is 0 Å². The lowest BCUT2D eigenvalue weighted by atomic mass is 10.1. The smallest absolute Gasteiger partial charge is 0.256 e. The van der Waals surface area contributed by atoms with E-state index in [9.17, 15) is 9.18 Å². The van der Waals surface area contributed by atoms with Crippen molar-refractivity contribution >= 4 is 17.7 Å². The zero-order valence-electron chi connectivity index (χ0n) is 10.8. The Kier molecular flexibility index (Phi) is 4.27. The number of aryl methyl sites for hydroxylation is 1. The third-order valence-corrected chi connectivity index (χ3v) is 4.43. The maximum absolute atomic E-state index is 13.7. The highest BCUT2D eigenvalue weighted by molar-refractivity contribution is 7.99. The Labute approximate surface area is 112 Å². The Bertz CT molecular complexity index is 449. The Morgan fingerprint density at radius 2 is 2.22 bits per heavy atom. The summed E-state index contributed by atoms with van der Waals surface area (Å²) in [5, 5.41) is 0.574. The van der Waals surface area contributed by atoms with Crippen LogP contribution in [-0.4, -0.2) is 34.9 Å². The Balaban J connectivity index is 2.17. The van der Waals surface area contributed by atoms with Crippen LogP contribution >= 0.6 is 11.8 Å². The monoisotopic (exact) mass is 267 g/mol. The second-order valence-corrected chi connectivity index (χ2v) is 6.29. The van der Waals surface area contributed by atoms with Crippen LogP contribution in [0, 0.1) is 12.7 Å². The van der Waals surface area contributed by atoms with Crippen LogP contribution in [0.1, 0.15) is 29.3 Å². The molecule has 0 aromatic heterocycles. The van der Waals surface area contributed by atoms with Crippen molar-refractivity contribution in [3.63, 3.8) is 0 Å². The summed E-state index contributed by atoms with van der Waals surface area (Å²) >= 11 is 1.87. The van der Waals surface area contributed by atoms with Gasteiger partial charge in [0.1, 0.15) is 5.82 Å². The van der Waals surface area contributed by atoms with Gasteiger partial charge in [-0.15, -0.1) is 0 Å². The molecule has 1 fully saturated rings. The largest absolute Gasteiger partial charge is 0.338 e. The van der Waals surface area contributed by atoms with Crippen molar-refractivity contribution in [3.05, 3.63) is 35.1 Å². The van der Waals surface area contributed by atoms with Crippen molar-refractivity contribution < 1.29 is 9.18 Å². The predicted octanol–water partition coefficient (Wildman–Crippen LogP) is 3.10. The van der Waals surface area contributed by atoms with Crippen molar-refractivity contribution in [2.75, 3.05) is 18.8 Å². The summed E-state index contributed by atoms with van der Waals surface area (Å²) in [5.41, 5.74) is 1.12. The summed E-state index contributed by atoms with van der Waals surface area (Å²) < 4.78 is 13.7. The normalized spacial score (nSPS) is 20.6. The maximum Gasteiger partial charge on any atom is 0.256 e. The van der Waals surface area contributed by atoms with Crippen molar-refractivity contribution in [2.45, 2.75) is 25.5 Å². The van der Waals surface area contributed by atoms with Crippen LogP contribution in [-0.2, 0) is 0 Å². The lowest BCUT2D eigenvalue weighted by Crippen LogP contribution is -2.33. The molecule has 1 aromatic carbocycles. The van der Waals surface area contributed by atoms with Crippen LogP contribution in [0.2, 0.25) is 0 Å². The van der Waals surface area contributed by atoms with Gasteiger partial charge in [-0.25, -0.2) is 4.39 Å². The molecule has 2 nitrogen and oxygen atoms in total. The summed E-state index contributed by atoms with van der Waals surface area (Å²) in [6.07, 6.45) is 0.976. The van der Waals surface area contributed by atoms with Gasteiger partial charge in [0.05, 0.1) is 5.56 Å². The fourth-order valence-corrected chi connectivity index (χ4v) is 3.07. The number of carbonyl (C=O) groups excluding carboxylic acids is 1. The topological polar surface area (TPSA) is 20.3 Å². The third kappa shape index (κ3) is 3.05. The zero-order valence-corrected chi connectivity index (χ0v) is 11.6. The van der Waals surface area contributed by atoms with E-state index in [1.807, 2.05) is 18.7 Å². The van der Waals surface area contributed by atoms with Crippen LogP contribution in [0.15, 0.2) is 18.2 Å². The van der Waals surface area contributed by atoms with Gasteiger partial charge in [-0.2, -0.15) is 11.8 Å². The fourth-order valence-electron chi connectivity index (χ4n) is 2.07. The Morgan fingerprint density at radius 1 is 1.44 bits per heavy atom. The molecule has 1 saturated heterocycles. The van der Waals surface area contributed by atoms with Gasteiger partial charge in [0.25, 0.3) is 5.91 Å². The van der Waals surface area contributed by atoms with Crippen LogP contribution < -0.4 is 0 Å². The number of thioether (sulfide) groups is 1. The molecule has 1 aliphatic heterocycles. The minimum atomic E-state index is -0.421. The third-order valence-electron chi connectivity index (χ3n) is 3.21. The molecule has 2 rings (SSSR count). The Hall–Kier alpha value is -1.03. The summed E-state index contributed by atoms with van der Waals surface area (Å²) in [4.78, 5) is 14.1. The van der Waals surface area contributed by atoms with E-state index in [2.05, 4.69) is 6.92 Å². The number of amides is 1. The van der Waals surface area contributed by atoms with Gasteiger partial charge in [0, 0.05) is 24.1 Å². The minimum Gasteiger partial charge on any atom is -0.338 e. The van der Waals surface area contributed by atoms with E-state index in [1.165, 1.54) is 6.07 Å². The number of nitrogens with zero attached hydrogens (tertiary/aromatic N) is 1. The standard InChI is InChI=1S/C14H18FNOS/c1-10-3-4-13(15)12(9-10)14(17)16-6-5-11(2)18-8-7-16/h3-4,9,11H,5-8H2,1-2H3. The molecule has 0 spiro atoms. The molecule has 0 N–H and O–H groups in total. The number of hydrogen-bond acceptors (Lipinski definition) is 2. The maximum atomic E-state index is 13.7. The molecular weight excluding hydrogens is 249 g/mol. The van der Waals surface area contributed by atoms with E-state index in [1.54, 1.807) is 17.0 Å². The number of rotatable bonds is 1. The fraction of sp³-hybridized carbons (Fsp3) is 0.500. The summed E-state index contributed by atoms with van der Waals surface area (Å²) in [7, 11) is 0. The molecule has 18 heavy (non-hydrogen) atoms. The minimum absolute atomic E-state index is 0.175. The van der Waals surface area contributed by atoms with Gasteiger partial charge in [-0.1, -0.05) is 18.6 Å². The van der Waals surface area contributed by atoms with Gasteiger partial charge < -0.3 is 4.90 Å². The highest BCUT2D eigenvalue weighted by Crippen LogP contribution is 2.21. The van der Waals surface area contributed by atoms with E-state index in [-0.39, 0.29) is 11.5 Å². The van der Waals surface area contributed by atoms with Gasteiger partial charge in [-0.05, 0) is 25.5 Å². The number of benzene rings is 1. The summed E-state index contributed by atoms with van der Waals surface area (Å²) in [5.74, 6) is 0.335. The van der Waals surface area contributed by atoms with Crippen LogP contribution in [0.4, 0.5) is 4.39 Å². The summed E-state index contributed by atoms with van der Waals surface area (Å²) in [6.45, 7) is 5.48. The Morgan fingerprint density at radius 3 is 3.00 bits per heavy atom. The first-order valence-electron chi connectivity index (χ1n) is 6.25. The lowest BCUT2D eigenvalue weighted by molar-refractivity contribution is 0.0762. The summed E-state index contributed by atoms with van der Waals surface area (Å²) in [6, 6.07) is 4.70. The lowest BCUT2D eigenvalue weighted by Gasteiger charge is -2.20. The van der Waals surface area contributed by atoms with Gasteiger partial charge >= 0.3 is 0 Å². The second-order valence-electron chi connectivity index (χ2n) is 4.75. The number of carbonyl (C=O) groups is 1. The van der Waals surface area contributed by atoms with Crippen molar-refractivity contribution in [1.29, 1.82) is 0 Å². The van der Waals surface area contributed by atoms with Crippen LogP contribution in [0.5, 0.6) is 0 Å². The molecule has 1 heterocycles. The zero-order chi connectivity index (χ0) is 13.1. The number of halogens is 1. The molecule has 0 bridgehead atoms.